The molecule has 7 nitrogen and oxygen atoms in total. The standard InChI is InChI=1S/C23H22N4O3/c1-4-30-23(29)20-14(2)21(25-15(20)3)22(28)26-16-9-11-17(12-10-16)27-13-24-18-7-5-6-8-19(18)27/h5-13,25H,4H2,1-3H3,(H,26,28). The molecule has 0 aliphatic rings. The first kappa shape index (κ1) is 19.4. The number of amides is 1. The lowest BCUT2D eigenvalue weighted by Crippen LogP contribution is -2.14. The summed E-state index contributed by atoms with van der Waals surface area (Å²) in [5.74, 6) is -0.744. The predicted molar refractivity (Wildman–Crippen MR) is 115 cm³/mol. The van der Waals surface area contributed by atoms with E-state index in [4.69, 9.17) is 4.74 Å². The maximum Gasteiger partial charge on any atom is 0.340 e. The highest BCUT2D eigenvalue weighted by Gasteiger charge is 2.22. The molecule has 1 amide bonds. The summed E-state index contributed by atoms with van der Waals surface area (Å²) in [7, 11) is 0. The van der Waals surface area contributed by atoms with Gasteiger partial charge in [0.2, 0.25) is 0 Å². The van der Waals surface area contributed by atoms with Crippen LogP contribution in [0.25, 0.3) is 16.7 Å². The molecule has 0 atom stereocenters. The fourth-order valence-corrected chi connectivity index (χ4v) is 3.55. The first-order valence-corrected chi connectivity index (χ1v) is 9.69. The maximum atomic E-state index is 12.8. The minimum absolute atomic E-state index is 0.281. The van der Waals surface area contributed by atoms with Crippen molar-refractivity contribution in [2.75, 3.05) is 11.9 Å². The van der Waals surface area contributed by atoms with Gasteiger partial charge in [0.25, 0.3) is 5.91 Å². The lowest BCUT2D eigenvalue weighted by atomic mass is 10.1. The smallest absolute Gasteiger partial charge is 0.340 e. The van der Waals surface area contributed by atoms with Crippen LogP contribution in [0.3, 0.4) is 0 Å². The van der Waals surface area contributed by atoms with Gasteiger partial charge in [0.1, 0.15) is 12.0 Å². The molecule has 2 heterocycles. The molecule has 0 unspecified atom stereocenters. The molecular weight excluding hydrogens is 380 g/mol. The number of carbonyl (C=O) groups excluding carboxylic acids is 2. The van der Waals surface area contributed by atoms with Crippen LogP contribution in [0, 0.1) is 13.8 Å². The Kier molecular flexibility index (Phi) is 5.10. The number of aryl methyl sites for hydroxylation is 1. The zero-order valence-electron chi connectivity index (χ0n) is 17.0. The maximum absolute atomic E-state index is 12.8. The Morgan fingerprint density at radius 2 is 1.83 bits per heavy atom. The molecule has 4 rings (SSSR count). The number of benzene rings is 2. The summed E-state index contributed by atoms with van der Waals surface area (Å²) in [6.45, 7) is 5.51. The van der Waals surface area contributed by atoms with Crippen molar-refractivity contribution in [2.45, 2.75) is 20.8 Å². The minimum Gasteiger partial charge on any atom is -0.462 e. The number of hydrogen-bond donors (Lipinski definition) is 2. The van der Waals surface area contributed by atoms with Crippen LogP contribution in [0.15, 0.2) is 54.9 Å². The zero-order valence-corrected chi connectivity index (χ0v) is 17.0. The molecule has 30 heavy (non-hydrogen) atoms. The number of carbonyl (C=O) groups is 2. The van der Waals surface area contributed by atoms with Gasteiger partial charge in [-0.05, 0) is 62.7 Å². The largest absolute Gasteiger partial charge is 0.462 e. The van der Waals surface area contributed by atoms with E-state index in [1.54, 1.807) is 27.1 Å². The topological polar surface area (TPSA) is 89.0 Å². The Morgan fingerprint density at radius 3 is 2.57 bits per heavy atom. The summed E-state index contributed by atoms with van der Waals surface area (Å²) in [5.41, 5.74) is 5.46. The van der Waals surface area contributed by atoms with Crippen LogP contribution in [0.5, 0.6) is 0 Å². The van der Waals surface area contributed by atoms with Crippen molar-refractivity contribution in [2.24, 2.45) is 0 Å². The Morgan fingerprint density at radius 1 is 1.10 bits per heavy atom. The molecule has 7 heteroatoms. The lowest BCUT2D eigenvalue weighted by Gasteiger charge is -2.08. The number of rotatable bonds is 5. The highest BCUT2D eigenvalue weighted by Crippen LogP contribution is 2.22. The monoisotopic (exact) mass is 402 g/mol. The predicted octanol–water partition coefficient (Wildman–Crippen LogP) is 4.40. The Bertz CT molecular complexity index is 1240. The summed E-state index contributed by atoms with van der Waals surface area (Å²) >= 11 is 0. The Balaban J connectivity index is 1.55. The van der Waals surface area contributed by atoms with E-state index in [0.29, 0.717) is 28.2 Å². The van der Waals surface area contributed by atoms with Crippen LogP contribution in [0.4, 0.5) is 5.69 Å². The van der Waals surface area contributed by atoms with Gasteiger partial charge >= 0.3 is 5.97 Å². The number of aromatic nitrogens is 3. The summed E-state index contributed by atoms with van der Waals surface area (Å²) in [6, 6.07) is 15.4. The van der Waals surface area contributed by atoms with Crippen LogP contribution in [-0.2, 0) is 4.74 Å². The number of ether oxygens (including phenoxy) is 1. The minimum atomic E-state index is -0.431. The molecule has 0 spiro atoms. The van der Waals surface area contributed by atoms with Crippen LogP contribution in [0.2, 0.25) is 0 Å². The number of nitrogens with one attached hydrogen (secondary N) is 2. The Labute approximate surface area is 173 Å². The van der Waals surface area contributed by atoms with Gasteiger partial charge in [-0.25, -0.2) is 9.78 Å². The van der Waals surface area contributed by atoms with E-state index >= 15 is 0 Å². The van der Waals surface area contributed by atoms with Crippen molar-refractivity contribution in [3.05, 3.63) is 77.4 Å². The van der Waals surface area contributed by atoms with Crippen LogP contribution < -0.4 is 5.32 Å². The number of H-pyrrole nitrogens is 1. The molecule has 0 aliphatic heterocycles. The highest BCUT2D eigenvalue weighted by molar-refractivity contribution is 6.06. The van der Waals surface area contributed by atoms with Gasteiger partial charge in [-0.2, -0.15) is 0 Å². The van der Waals surface area contributed by atoms with Crippen LogP contribution >= 0.6 is 0 Å². The number of aromatic amines is 1. The average Bonchev–Trinajstić information content (AvgIpc) is 3.29. The van der Waals surface area contributed by atoms with E-state index in [1.165, 1.54) is 0 Å². The number of fused-ring (bicyclic) bond motifs is 1. The fraction of sp³-hybridized carbons (Fsp3) is 0.174. The van der Waals surface area contributed by atoms with Gasteiger partial charge in [0, 0.05) is 17.1 Å². The number of anilines is 1. The molecule has 152 valence electrons. The third-order valence-electron chi connectivity index (χ3n) is 5.00. The second-order valence-electron chi connectivity index (χ2n) is 6.95. The van der Waals surface area contributed by atoms with E-state index < -0.39 is 5.97 Å². The number of imidazole rings is 1. The molecule has 2 aromatic heterocycles. The second-order valence-corrected chi connectivity index (χ2v) is 6.95. The number of nitrogens with zero attached hydrogens (tertiary/aromatic N) is 2. The van der Waals surface area contributed by atoms with Gasteiger partial charge in [-0.1, -0.05) is 12.1 Å². The van der Waals surface area contributed by atoms with Crippen molar-refractivity contribution in [1.82, 2.24) is 14.5 Å². The van der Waals surface area contributed by atoms with E-state index in [9.17, 15) is 9.59 Å². The van der Waals surface area contributed by atoms with Gasteiger partial charge in [-0.15, -0.1) is 0 Å². The molecule has 0 saturated heterocycles. The molecule has 4 aromatic rings. The first-order chi connectivity index (χ1) is 14.5. The van der Waals surface area contributed by atoms with E-state index in [2.05, 4.69) is 15.3 Å². The molecule has 2 N–H and O–H groups in total. The third-order valence-corrected chi connectivity index (χ3v) is 5.00. The average molecular weight is 402 g/mol. The quantitative estimate of drug-likeness (QED) is 0.484. The summed E-state index contributed by atoms with van der Waals surface area (Å²) < 4.78 is 7.07. The van der Waals surface area contributed by atoms with Gasteiger partial charge < -0.3 is 15.0 Å². The van der Waals surface area contributed by atoms with Crippen LogP contribution in [-0.4, -0.2) is 33.0 Å². The van der Waals surface area contributed by atoms with E-state index in [-0.39, 0.29) is 12.5 Å². The molecule has 0 radical (unpaired) electrons. The third kappa shape index (κ3) is 3.45. The van der Waals surface area contributed by atoms with Gasteiger partial charge in [0.15, 0.2) is 0 Å². The highest BCUT2D eigenvalue weighted by atomic mass is 16.5. The normalized spacial score (nSPS) is 10.9. The number of esters is 1. The molecule has 0 fully saturated rings. The number of hydrogen-bond acceptors (Lipinski definition) is 4. The Hall–Kier alpha value is -3.87. The van der Waals surface area contributed by atoms with Crippen molar-refractivity contribution in [1.29, 1.82) is 0 Å². The van der Waals surface area contributed by atoms with Gasteiger partial charge in [0.05, 0.1) is 23.2 Å². The van der Waals surface area contributed by atoms with Crippen molar-refractivity contribution in [3.8, 4) is 5.69 Å². The molecular formula is C23H22N4O3. The van der Waals surface area contributed by atoms with Gasteiger partial charge in [-0.3, -0.25) is 9.36 Å². The molecule has 2 aromatic carbocycles. The van der Waals surface area contributed by atoms with E-state index in [0.717, 1.165) is 16.7 Å². The first-order valence-electron chi connectivity index (χ1n) is 9.69. The fourth-order valence-electron chi connectivity index (χ4n) is 3.55. The summed E-state index contributed by atoms with van der Waals surface area (Å²) in [6.07, 6.45) is 1.78. The van der Waals surface area contributed by atoms with E-state index in [1.807, 2.05) is 53.1 Å². The van der Waals surface area contributed by atoms with Crippen molar-refractivity contribution >= 4 is 28.6 Å². The second kappa shape index (κ2) is 7.87. The zero-order chi connectivity index (χ0) is 21.3. The lowest BCUT2D eigenvalue weighted by molar-refractivity contribution is 0.0525. The molecule has 0 saturated carbocycles. The molecule has 0 bridgehead atoms. The van der Waals surface area contributed by atoms with Crippen molar-refractivity contribution < 1.29 is 14.3 Å². The number of para-hydroxylation sites is 2. The SMILES string of the molecule is CCOC(=O)c1c(C)[nH]c(C(=O)Nc2ccc(-n3cnc4ccccc43)cc2)c1C. The van der Waals surface area contributed by atoms with Crippen LogP contribution in [0.1, 0.15) is 39.0 Å². The van der Waals surface area contributed by atoms with Crippen molar-refractivity contribution in [3.63, 3.8) is 0 Å². The summed E-state index contributed by atoms with van der Waals surface area (Å²) in [4.78, 5) is 32.3. The summed E-state index contributed by atoms with van der Waals surface area (Å²) in [5, 5.41) is 2.87. The molecule has 0 aliphatic carbocycles.